The quantitative estimate of drug-likeness (QED) is 0.684. The van der Waals surface area contributed by atoms with Crippen LogP contribution in [0.2, 0.25) is 0 Å². The summed E-state index contributed by atoms with van der Waals surface area (Å²) < 4.78 is 6.93. The highest BCUT2D eigenvalue weighted by Crippen LogP contribution is 2.36. The van der Waals surface area contributed by atoms with E-state index in [4.69, 9.17) is 9.72 Å². The van der Waals surface area contributed by atoms with Crippen molar-refractivity contribution in [1.29, 1.82) is 0 Å². The summed E-state index contributed by atoms with van der Waals surface area (Å²) in [6, 6.07) is 18.7. The molecule has 4 nitrogen and oxygen atoms in total. The first kappa shape index (κ1) is 17.6. The molecule has 0 amide bonds. The van der Waals surface area contributed by atoms with Crippen LogP contribution in [0.3, 0.4) is 0 Å². The van der Waals surface area contributed by atoms with Crippen molar-refractivity contribution in [3.8, 4) is 0 Å². The molecule has 0 radical (unpaired) electrons. The molecule has 0 bridgehead atoms. The number of likely N-dealkylation sites (tertiary alicyclic amines) is 1. The number of thiazole rings is 1. The zero-order valence-electron chi connectivity index (χ0n) is 14.8. The van der Waals surface area contributed by atoms with Crippen LogP contribution in [0.25, 0.3) is 10.2 Å². The number of β-amino-alcohol motifs (C(OH)–C–C–N with tert-alkyl or cyclic N) is 1. The lowest BCUT2D eigenvalue weighted by atomic mass is 10.2. The highest BCUT2D eigenvalue weighted by atomic mass is 32.1. The second-order valence-electron chi connectivity index (χ2n) is 6.83. The third-order valence-electron chi connectivity index (χ3n) is 4.83. The van der Waals surface area contributed by atoms with Crippen molar-refractivity contribution in [3.05, 3.63) is 65.2 Å². The Labute approximate surface area is 158 Å². The van der Waals surface area contributed by atoms with Gasteiger partial charge in [0.15, 0.2) is 0 Å². The van der Waals surface area contributed by atoms with Gasteiger partial charge in [0.25, 0.3) is 0 Å². The third-order valence-corrected chi connectivity index (χ3v) is 5.96. The van der Waals surface area contributed by atoms with E-state index in [9.17, 15) is 5.11 Å². The van der Waals surface area contributed by atoms with E-state index < -0.39 is 6.10 Å². The molecule has 0 saturated carbocycles. The van der Waals surface area contributed by atoms with Crippen LogP contribution >= 0.6 is 11.3 Å². The summed E-state index contributed by atoms with van der Waals surface area (Å²) in [4.78, 5) is 7.17. The van der Waals surface area contributed by atoms with Gasteiger partial charge in [-0.05, 0) is 37.1 Å². The number of fused-ring (bicyclic) bond motifs is 1. The number of hydrogen-bond acceptors (Lipinski definition) is 5. The predicted octanol–water partition coefficient (Wildman–Crippen LogP) is 4.01. The van der Waals surface area contributed by atoms with Gasteiger partial charge in [0, 0.05) is 6.54 Å². The number of aromatic nitrogens is 1. The first-order valence-corrected chi connectivity index (χ1v) is 10.0. The molecule has 1 aliphatic heterocycles. The van der Waals surface area contributed by atoms with Gasteiger partial charge in [-0.15, -0.1) is 11.3 Å². The third kappa shape index (κ3) is 4.13. The molecule has 1 aliphatic rings. The van der Waals surface area contributed by atoms with E-state index in [-0.39, 0.29) is 0 Å². The molecule has 0 aliphatic carbocycles. The Balaban J connectivity index is 1.33. The van der Waals surface area contributed by atoms with Crippen LogP contribution < -0.4 is 0 Å². The van der Waals surface area contributed by atoms with Crippen LogP contribution in [0.1, 0.15) is 29.5 Å². The fraction of sp³-hybridized carbons (Fsp3) is 0.381. The van der Waals surface area contributed by atoms with Crippen molar-refractivity contribution < 1.29 is 9.84 Å². The number of aliphatic hydroxyl groups is 1. The SMILES string of the molecule is OC(COCc1ccccc1)CN1CCCC1c1nc2ccccc2s1. The van der Waals surface area contributed by atoms with Crippen LogP contribution in [-0.2, 0) is 11.3 Å². The topological polar surface area (TPSA) is 45.6 Å². The second kappa shape index (κ2) is 8.27. The van der Waals surface area contributed by atoms with Crippen LogP contribution in [0.15, 0.2) is 54.6 Å². The first-order chi connectivity index (χ1) is 12.8. The summed E-state index contributed by atoms with van der Waals surface area (Å²) in [5.41, 5.74) is 2.21. The van der Waals surface area contributed by atoms with Gasteiger partial charge in [0.05, 0.1) is 35.6 Å². The zero-order chi connectivity index (χ0) is 17.8. The van der Waals surface area contributed by atoms with Crippen LogP contribution in [0.4, 0.5) is 0 Å². The maximum absolute atomic E-state index is 10.4. The minimum absolute atomic E-state index is 0.316. The van der Waals surface area contributed by atoms with Gasteiger partial charge in [-0.1, -0.05) is 42.5 Å². The lowest BCUT2D eigenvalue weighted by Crippen LogP contribution is -2.34. The maximum atomic E-state index is 10.4. The maximum Gasteiger partial charge on any atom is 0.111 e. The molecule has 1 fully saturated rings. The lowest BCUT2D eigenvalue weighted by Gasteiger charge is -2.25. The van der Waals surface area contributed by atoms with Gasteiger partial charge >= 0.3 is 0 Å². The summed E-state index contributed by atoms with van der Waals surface area (Å²) in [5.74, 6) is 0. The van der Waals surface area contributed by atoms with Crippen molar-refractivity contribution in [1.82, 2.24) is 9.88 Å². The number of para-hydroxylation sites is 1. The Kier molecular flexibility index (Phi) is 5.60. The summed E-state index contributed by atoms with van der Waals surface area (Å²) in [5, 5.41) is 11.6. The van der Waals surface area contributed by atoms with Crippen LogP contribution in [0, 0.1) is 0 Å². The van der Waals surface area contributed by atoms with Crippen molar-refractivity contribution in [3.63, 3.8) is 0 Å². The fourth-order valence-corrected chi connectivity index (χ4v) is 4.70. The average molecular weight is 369 g/mol. The van der Waals surface area contributed by atoms with Crippen molar-refractivity contribution in [2.24, 2.45) is 0 Å². The predicted molar refractivity (Wildman–Crippen MR) is 105 cm³/mol. The van der Waals surface area contributed by atoms with Gasteiger partial charge in [-0.25, -0.2) is 4.98 Å². The molecule has 3 aromatic rings. The Morgan fingerprint density at radius 1 is 1.15 bits per heavy atom. The molecule has 2 unspecified atom stereocenters. The van der Waals surface area contributed by atoms with E-state index in [1.807, 2.05) is 36.4 Å². The van der Waals surface area contributed by atoms with Gasteiger partial charge in [0.1, 0.15) is 5.01 Å². The van der Waals surface area contributed by atoms with E-state index in [1.165, 1.54) is 9.71 Å². The van der Waals surface area contributed by atoms with Gasteiger partial charge in [-0.2, -0.15) is 0 Å². The molecule has 1 N–H and O–H groups in total. The Hall–Kier alpha value is -1.79. The Morgan fingerprint density at radius 2 is 1.96 bits per heavy atom. The monoisotopic (exact) mass is 368 g/mol. The number of nitrogens with zero attached hydrogens (tertiary/aromatic N) is 2. The molecule has 0 spiro atoms. The van der Waals surface area contributed by atoms with Gasteiger partial charge < -0.3 is 9.84 Å². The minimum atomic E-state index is -0.478. The number of hydrogen-bond donors (Lipinski definition) is 1. The van der Waals surface area contributed by atoms with E-state index in [2.05, 4.69) is 23.1 Å². The molecule has 26 heavy (non-hydrogen) atoms. The Morgan fingerprint density at radius 3 is 2.81 bits per heavy atom. The van der Waals surface area contributed by atoms with Crippen LogP contribution in [0.5, 0.6) is 0 Å². The number of rotatable bonds is 7. The summed E-state index contributed by atoms with van der Waals surface area (Å²) in [6.07, 6.45) is 1.78. The van der Waals surface area contributed by atoms with E-state index >= 15 is 0 Å². The number of ether oxygens (including phenoxy) is 1. The number of aliphatic hydroxyl groups excluding tert-OH is 1. The van der Waals surface area contributed by atoms with E-state index in [0.29, 0.717) is 25.8 Å². The van der Waals surface area contributed by atoms with Gasteiger partial charge in [0.2, 0.25) is 0 Å². The highest BCUT2D eigenvalue weighted by molar-refractivity contribution is 7.18. The van der Waals surface area contributed by atoms with E-state index in [1.54, 1.807) is 11.3 Å². The molecule has 1 aromatic heterocycles. The normalized spacial score (nSPS) is 19.2. The fourth-order valence-electron chi connectivity index (χ4n) is 3.57. The van der Waals surface area contributed by atoms with Crippen molar-refractivity contribution >= 4 is 21.6 Å². The first-order valence-electron chi connectivity index (χ1n) is 9.19. The molecule has 5 heteroatoms. The Bertz CT molecular complexity index is 803. The smallest absolute Gasteiger partial charge is 0.111 e. The largest absolute Gasteiger partial charge is 0.389 e. The molecular formula is C21H24N2O2S. The summed E-state index contributed by atoms with van der Waals surface area (Å²) in [7, 11) is 0. The number of benzene rings is 2. The lowest BCUT2D eigenvalue weighted by molar-refractivity contribution is 0.00772. The highest BCUT2D eigenvalue weighted by Gasteiger charge is 2.30. The molecular weight excluding hydrogens is 344 g/mol. The van der Waals surface area contributed by atoms with Crippen molar-refractivity contribution in [2.45, 2.75) is 31.6 Å². The van der Waals surface area contributed by atoms with Crippen molar-refractivity contribution in [2.75, 3.05) is 19.7 Å². The summed E-state index contributed by atoms with van der Waals surface area (Å²) in [6.45, 7) is 2.54. The van der Waals surface area contributed by atoms with Crippen LogP contribution in [-0.4, -0.2) is 40.8 Å². The molecule has 2 atom stereocenters. The molecule has 2 aromatic carbocycles. The van der Waals surface area contributed by atoms with E-state index in [0.717, 1.165) is 30.5 Å². The molecule has 2 heterocycles. The second-order valence-corrected chi connectivity index (χ2v) is 7.89. The standard InChI is InChI=1S/C21H24N2O2S/c24-17(15-25-14-16-7-2-1-3-8-16)13-23-12-6-10-19(23)21-22-18-9-4-5-11-20(18)26-21/h1-5,7-9,11,17,19,24H,6,10,12-15H2. The zero-order valence-corrected chi connectivity index (χ0v) is 15.6. The summed E-state index contributed by atoms with van der Waals surface area (Å²) >= 11 is 1.77. The van der Waals surface area contributed by atoms with Gasteiger partial charge in [-0.3, -0.25) is 4.90 Å². The molecule has 136 valence electrons. The molecule has 4 rings (SSSR count). The average Bonchev–Trinajstić information content (AvgIpc) is 3.28. The minimum Gasteiger partial charge on any atom is -0.389 e. The molecule has 1 saturated heterocycles.